The SMILES string of the molecule is CCOC(=O)CNC(O)CCc1ccccc1. The van der Waals surface area contributed by atoms with Gasteiger partial charge in [0.1, 0.15) is 6.23 Å². The first-order chi connectivity index (χ1) is 8.22. The lowest BCUT2D eigenvalue weighted by molar-refractivity contribution is -0.142. The maximum atomic E-state index is 11.0. The first-order valence-electron chi connectivity index (χ1n) is 5.83. The first-order valence-corrected chi connectivity index (χ1v) is 5.83. The number of carbonyl (C=O) groups is 1. The second kappa shape index (κ2) is 7.81. The van der Waals surface area contributed by atoms with E-state index in [0.717, 1.165) is 6.42 Å². The zero-order valence-electron chi connectivity index (χ0n) is 10.1. The predicted octanol–water partition coefficient (Wildman–Crippen LogP) is 1.09. The van der Waals surface area contributed by atoms with Gasteiger partial charge in [-0.15, -0.1) is 0 Å². The number of esters is 1. The number of ether oxygens (including phenoxy) is 1. The number of hydrogen-bond donors (Lipinski definition) is 2. The van der Waals surface area contributed by atoms with Crippen LogP contribution in [-0.4, -0.2) is 30.5 Å². The highest BCUT2D eigenvalue weighted by atomic mass is 16.5. The molecule has 0 heterocycles. The number of aryl methyl sites for hydroxylation is 1. The summed E-state index contributed by atoms with van der Waals surface area (Å²) in [5.41, 5.74) is 1.17. The topological polar surface area (TPSA) is 58.6 Å². The van der Waals surface area contributed by atoms with Crippen LogP contribution in [0, 0.1) is 0 Å². The van der Waals surface area contributed by atoms with Gasteiger partial charge in [-0.25, -0.2) is 0 Å². The van der Waals surface area contributed by atoms with Crippen LogP contribution in [0.1, 0.15) is 18.9 Å². The zero-order valence-corrected chi connectivity index (χ0v) is 10.1. The lowest BCUT2D eigenvalue weighted by atomic mass is 10.1. The van der Waals surface area contributed by atoms with Crippen molar-refractivity contribution < 1.29 is 14.6 Å². The summed E-state index contributed by atoms with van der Waals surface area (Å²) in [6.45, 7) is 2.16. The molecular formula is C13H19NO3. The van der Waals surface area contributed by atoms with Crippen molar-refractivity contribution in [1.29, 1.82) is 0 Å². The van der Waals surface area contributed by atoms with Gasteiger partial charge in [0.25, 0.3) is 0 Å². The number of aliphatic hydroxyl groups excluding tert-OH is 1. The van der Waals surface area contributed by atoms with Gasteiger partial charge in [-0.2, -0.15) is 0 Å². The summed E-state index contributed by atoms with van der Waals surface area (Å²) < 4.78 is 4.74. The minimum atomic E-state index is -0.681. The number of aliphatic hydroxyl groups is 1. The van der Waals surface area contributed by atoms with Crippen molar-refractivity contribution in [2.24, 2.45) is 0 Å². The van der Waals surface area contributed by atoms with E-state index in [2.05, 4.69) is 5.32 Å². The third kappa shape index (κ3) is 6.04. The predicted molar refractivity (Wildman–Crippen MR) is 65.4 cm³/mol. The molecule has 0 fully saturated rings. The largest absolute Gasteiger partial charge is 0.465 e. The average Bonchev–Trinajstić information content (AvgIpc) is 2.35. The summed E-state index contributed by atoms with van der Waals surface area (Å²) in [6.07, 6.45) is 0.668. The van der Waals surface area contributed by atoms with Gasteiger partial charge in [-0.1, -0.05) is 30.3 Å². The van der Waals surface area contributed by atoms with Crippen LogP contribution in [0.2, 0.25) is 0 Å². The molecule has 0 bridgehead atoms. The van der Waals surface area contributed by atoms with E-state index in [4.69, 9.17) is 4.74 Å². The van der Waals surface area contributed by atoms with Crippen molar-refractivity contribution in [3.63, 3.8) is 0 Å². The van der Waals surface area contributed by atoms with Crippen LogP contribution in [0.5, 0.6) is 0 Å². The molecule has 0 radical (unpaired) electrons. The fourth-order valence-electron chi connectivity index (χ4n) is 1.46. The second-order valence-corrected chi connectivity index (χ2v) is 3.73. The van der Waals surface area contributed by atoms with Crippen molar-refractivity contribution in [3.8, 4) is 0 Å². The van der Waals surface area contributed by atoms with Gasteiger partial charge in [-0.05, 0) is 25.3 Å². The van der Waals surface area contributed by atoms with Crippen molar-refractivity contribution >= 4 is 5.97 Å². The molecule has 17 heavy (non-hydrogen) atoms. The van der Waals surface area contributed by atoms with E-state index in [9.17, 15) is 9.90 Å². The minimum Gasteiger partial charge on any atom is -0.465 e. The molecule has 0 saturated heterocycles. The van der Waals surface area contributed by atoms with E-state index in [-0.39, 0.29) is 12.5 Å². The van der Waals surface area contributed by atoms with Crippen LogP contribution in [0.15, 0.2) is 30.3 Å². The van der Waals surface area contributed by atoms with Gasteiger partial charge >= 0.3 is 5.97 Å². The van der Waals surface area contributed by atoms with Crippen molar-refractivity contribution in [2.45, 2.75) is 26.0 Å². The lowest BCUT2D eigenvalue weighted by Crippen LogP contribution is -2.34. The summed E-state index contributed by atoms with van der Waals surface area (Å²) >= 11 is 0. The van der Waals surface area contributed by atoms with Crippen molar-refractivity contribution in [1.82, 2.24) is 5.32 Å². The Morgan fingerprint density at radius 1 is 1.41 bits per heavy atom. The quantitative estimate of drug-likeness (QED) is 0.550. The third-order valence-electron chi connectivity index (χ3n) is 2.34. The molecule has 0 aliphatic heterocycles. The van der Waals surface area contributed by atoms with Crippen molar-refractivity contribution in [2.75, 3.05) is 13.2 Å². The maximum absolute atomic E-state index is 11.0. The smallest absolute Gasteiger partial charge is 0.319 e. The van der Waals surface area contributed by atoms with Gasteiger partial charge in [0, 0.05) is 0 Å². The second-order valence-electron chi connectivity index (χ2n) is 3.73. The van der Waals surface area contributed by atoms with Crippen molar-refractivity contribution in [3.05, 3.63) is 35.9 Å². The number of nitrogens with one attached hydrogen (secondary N) is 1. The molecule has 1 rings (SSSR count). The average molecular weight is 237 g/mol. The molecule has 1 unspecified atom stereocenters. The van der Waals surface area contributed by atoms with Crippen LogP contribution >= 0.6 is 0 Å². The van der Waals surface area contributed by atoms with Gasteiger partial charge < -0.3 is 9.84 Å². The van der Waals surface area contributed by atoms with Gasteiger partial charge in [0.2, 0.25) is 0 Å². The van der Waals surface area contributed by atoms with Crippen LogP contribution in [-0.2, 0) is 16.0 Å². The standard InChI is InChI=1S/C13H19NO3/c1-2-17-13(16)10-14-12(15)9-8-11-6-4-3-5-7-11/h3-7,12,14-15H,2,8-10H2,1H3. The van der Waals surface area contributed by atoms with E-state index in [1.54, 1.807) is 6.92 Å². The normalized spacial score (nSPS) is 12.1. The molecule has 1 aromatic carbocycles. The minimum absolute atomic E-state index is 0.0454. The fraction of sp³-hybridized carbons (Fsp3) is 0.462. The molecule has 2 N–H and O–H groups in total. The van der Waals surface area contributed by atoms with E-state index in [1.807, 2.05) is 30.3 Å². The number of carbonyl (C=O) groups excluding carboxylic acids is 1. The molecule has 4 nitrogen and oxygen atoms in total. The van der Waals surface area contributed by atoms with E-state index in [0.29, 0.717) is 13.0 Å². The Kier molecular flexibility index (Phi) is 6.29. The summed E-state index contributed by atoms with van der Waals surface area (Å²) in [4.78, 5) is 11.0. The molecule has 0 saturated carbocycles. The summed E-state index contributed by atoms with van der Waals surface area (Å²) in [5.74, 6) is -0.341. The Balaban J connectivity index is 2.17. The third-order valence-corrected chi connectivity index (χ3v) is 2.34. The Morgan fingerprint density at radius 2 is 2.12 bits per heavy atom. The highest BCUT2D eigenvalue weighted by Crippen LogP contribution is 2.03. The molecule has 4 heteroatoms. The number of benzene rings is 1. The number of hydrogen-bond acceptors (Lipinski definition) is 4. The van der Waals surface area contributed by atoms with Crippen LogP contribution < -0.4 is 5.32 Å². The molecule has 94 valence electrons. The Labute approximate surface area is 102 Å². The first kappa shape index (κ1) is 13.7. The Bertz CT molecular complexity index is 327. The van der Waals surface area contributed by atoms with E-state index >= 15 is 0 Å². The van der Waals surface area contributed by atoms with E-state index in [1.165, 1.54) is 5.56 Å². The summed E-state index contributed by atoms with van der Waals surface area (Å²) in [6, 6.07) is 9.91. The molecule has 0 aromatic heterocycles. The highest BCUT2D eigenvalue weighted by Gasteiger charge is 2.07. The van der Waals surface area contributed by atoms with Gasteiger partial charge in [0.15, 0.2) is 0 Å². The zero-order chi connectivity index (χ0) is 12.5. The Morgan fingerprint density at radius 3 is 2.76 bits per heavy atom. The molecular weight excluding hydrogens is 218 g/mol. The van der Waals surface area contributed by atoms with Gasteiger partial charge in [-0.3, -0.25) is 10.1 Å². The van der Waals surface area contributed by atoms with Gasteiger partial charge in [0.05, 0.1) is 13.2 Å². The number of rotatable bonds is 7. The van der Waals surface area contributed by atoms with E-state index < -0.39 is 6.23 Å². The molecule has 0 amide bonds. The summed E-state index contributed by atoms with van der Waals surface area (Å²) in [5, 5.41) is 12.3. The molecule has 0 spiro atoms. The molecule has 0 aliphatic carbocycles. The lowest BCUT2D eigenvalue weighted by Gasteiger charge is -2.12. The monoisotopic (exact) mass is 237 g/mol. The molecule has 1 atom stereocenters. The summed E-state index contributed by atoms with van der Waals surface area (Å²) in [7, 11) is 0. The molecule has 0 aliphatic rings. The fourth-order valence-corrected chi connectivity index (χ4v) is 1.46. The van der Waals surface area contributed by atoms with Crippen LogP contribution in [0.25, 0.3) is 0 Å². The van der Waals surface area contributed by atoms with Crippen LogP contribution in [0.3, 0.4) is 0 Å². The highest BCUT2D eigenvalue weighted by molar-refractivity contribution is 5.71. The Hall–Kier alpha value is -1.39. The maximum Gasteiger partial charge on any atom is 0.319 e. The molecule has 1 aromatic rings. The van der Waals surface area contributed by atoms with Crippen LogP contribution in [0.4, 0.5) is 0 Å².